The number of nitrogens with two attached hydrogens (primary N) is 1. The Morgan fingerprint density at radius 3 is 2.28 bits per heavy atom. The lowest BCUT2D eigenvalue weighted by atomic mass is 10.0. The van der Waals surface area contributed by atoms with Crippen molar-refractivity contribution >= 4 is 17.4 Å². The molecule has 0 aliphatic carbocycles. The molecule has 0 saturated carbocycles. The van der Waals surface area contributed by atoms with Crippen LogP contribution in [0.15, 0.2) is 24.3 Å². The van der Waals surface area contributed by atoms with Crippen molar-refractivity contribution in [1.82, 2.24) is 0 Å². The fourth-order valence-electron chi connectivity index (χ4n) is 1.49. The number of benzene rings is 1. The number of methoxy groups -OCH3 is 1. The van der Waals surface area contributed by atoms with Gasteiger partial charge in [0.25, 0.3) is 0 Å². The fraction of sp³-hybridized carbons (Fsp3) is 0.385. The van der Waals surface area contributed by atoms with Crippen LogP contribution in [-0.4, -0.2) is 39.0 Å². The van der Waals surface area contributed by atoms with Crippen LogP contribution in [0.4, 0.5) is 5.69 Å². The Kier molecular flexibility index (Phi) is 4.85. The third-order valence-corrected chi connectivity index (χ3v) is 2.62. The summed E-state index contributed by atoms with van der Waals surface area (Å²) in [6.07, 6.45) is -0.106. The molecule has 0 aliphatic heterocycles. The molecule has 18 heavy (non-hydrogen) atoms. The van der Waals surface area contributed by atoms with Gasteiger partial charge in [0, 0.05) is 25.3 Å². The summed E-state index contributed by atoms with van der Waals surface area (Å²) < 4.78 is 4.48. The van der Waals surface area contributed by atoms with E-state index in [1.807, 2.05) is 31.1 Å². The van der Waals surface area contributed by atoms with Gasteiger partial charge in [0.2, 0.25) is 0 Å². The lowest BCUT2D eigenvalue weighted by Crippen LogP contribution is -2.33. The van der Waals surface area contributed by atoms with Crippen molar-refractivity contribution in [2.45, 2.75) is 12.5 Å². The highest BCUT2D eigenvalue weighted by Gasteiger charge is 2.19. The highest BCUT2D eigenvalue weighted by molar-refractivity contribution is 6.01. The second-order valence-corrected chi connectivity index (χ2v) is 4.19. The quantitative estimate of drug-likeness (QED) is 0.619. The molecule has 1 aromatic rings. The van der Waals surface area contributed by atoms with Crippen LogP contribution in [0.2, 0.25) is 0 Å². The molecule has 0 spiro atoms. The Morgan fingerprint density at radius 2 is 1.83 bits per heavy atom. The Bertz CT molecular complexity index is 426. The molecule has 1 aromatic carbocycles. The highest BCUT2D eigenvalue weighted by atomic mass is 16.5. The first kappa shape index (κ1) is 14.2. The molecule has 0 bridgehead atoms. The van der Waals surface area contributed by atoms with Gasteiger partial charge in [0.05, 0.1) is 19.6 Å². The number of hydrogen-bond donors (Lipinski definition) is 1. The van der Waals surface area contributed by atoms with E-state index in [2.05, 4.69) is 4.74 Å². The van der Waals surface area contributed by atoms with E-state index in [0.717, 1.165) is 5.69 Å². The summed E-state index contributed by atoms with van der Waals surface area (Å²) in [6.45, 7) is 0. The van der Waals surface area contributed by atoms with Gasteiger partial charge in [-0.25, -0.2) is 0 Å². The molecule has 0 fully saturated rings. The van der Waals surface area contributed by atoms with E-state index in [0.29, 0.717) is 5.56 Å². The zero-order chi connectivity index (χ0) is 13.7. The van der Waals surface area contributed by atoms with Gasteiger partial charge in [-0.05, 0) is 24.3 Å². The number of ketones is 1. The first-order valence-corrected chi connectivity index (χ1v) is 5.59. The van der Waals surface area contributed by atoms with Crippen molar-refractivity contribution in [3.8, 4) is 0 Å². The summed E-state index contributed by atoms with van der Waals surface area (Å²) in [4.78, 5) is 24.9. The number of anilines is 1. The monoisotopic (exact) mass is 250 g/mol. The zero-order valence-corrected chi connectivity index (χ0v) is 10.8. The molecular weight excluding hydrogens is 232 g/mol. The second-order valence-electron chi connectivity index (χ2n) is 4.19. The summed E-state index contributed by atoms with van der Waals surface area (Å²) in [5, 5.41) is 0. The van der Waals surface area contributed by atoms with Crippen LogP contribution in [0, 0.1) is 0 Å². The molecule has 2 N–H and O–H groups in total. The Balaban J connectivity index is 2.74. The molecule has 98 valence electrons. The SMILES string of the molecule is COC(=O)CC(N)C(=O)c1ccc(N(C)C)cc1. The summed E-state index contributed by atoms with van der Waals surface area (Å²) in [6, 6.07) is 6.21. The molecule has 0 amide bonds. The van der Waals surface area contributed by atoms with E-state index in [4.69, 9.17) is 5.73 Å². The summed E-state index contributed by atoms with van der Waals surface area (Å²) in [5.74, 6) is -0.744. The number of hydrogen-bond acceptors (Lipinski definition) is 5. The van der Waals surface area contributed by atoms with Crippen molar-refractivity contribution in [2.75, 3.05) is 26.1 Å². The smallest absolute Gasteiger partial charge is 0.307 e. The first-order valence-electron chi connectivity index (χ1n) is 5.59. The molecule has 5 heteroatoms. The summed E-state index contributed by atoms with van der Waals surface area (Å²) in [5.41, 5.74) is 7.15. The lowest BCUT2D eigenvalue weighted by Gasteiger charge is -2.13. The number of carbonyl (C=O) groups excluding carboxylic acids is 2. The van der Waals surface area contributed by atoms with Gasteiger partial charge in [0.15, 0.2) is 5.78 Å². The molecule has 1 rings (SSSR count). The molecule has 1 atom stereocenters. The third kappa shape index (κ3) is 3.56. The summed E-state index contributed by atoms with van der Waals surface area (Å²) in [7, 11) is 5.10. The van der Waals surface area contributed by atoms with Gasteiger partial charge in [-0.2, -0.15) is 0 Å². The van der Waals surface area contributed by atoms with E-state index in [1.54, 1.807) is 12.1 Å². The van der Waals surface area contributed by atoms with Gasteiger partial charge in [-0.3, -0.25) is 9.59 Å². The molecule has 1 unspecified atom stereocenters. The summed E-state index contributed by atoms with van der Waals surface area (Å²) >= 11 is 0. The zero-order valence-electron chi connectivity index (χ0n) is 10.8. The van der Waals surface area contributed by atoms with E-state index in [1.165, 1.54) is 7.11 Å². The fourth-order valence-corrected chi connectivity index (χ4v) is 1.49. The van der Waals surface area contributed by atoms with Gasteiger partial charge in [-0.1, -0.05) is 0 Å². The van der Waals surface area contributed by atoms with E-state index < -0.39 is 12.0 Å². The third-order valence-electron chi connectivity index (χ3n) is 2.62. The number of Topliss-reactive ketones (excluding diaryl/α,β-unsaturated/α-hetero) is 1. The van der Waals surface area contributed by atoms with Gasteiger partial charge in [-0.15, -0.1) is 0 Å². The maximum atomic E-state index is 11.9. The minimum absolute atomic E-state index is 0.106. The maximum absolute atomic E-state index is 11.9. The molecule has 0 saturated heterocycles. The largest absolute Gasteiger partial charge is 0.469 e. The highest BCUT2D eigenvalue weighted by Crippen LogP contribution is 2.13. The van der Waals surface area contributed by atoms with Crippen molar-refractivity contribution in [3.63, 3.8) is 0 Å². The Labute approximate surface area is 107 Å². The van der Waals surface area contributed by atoms with Gasteiger partial charge < -0.3 is 15.4 Å². The molecule has 0 aromatic heterocycles. The molecule has 0 heterocycles. The Morgan fingerprint density at radius 1 is 1.28 bits per heavy atom. The maximum Gasteiger partial charge on any atom is 0.307 e. The van der Waals surface area contributed by atoms with E-state index in [-0.39, 0.29) is 12.2 Å². The van der Waals surface area contributed by atoms with Crippen LogP contribution in [-0.2, 0) is 9.53 Å². The van der Waals surface area contributed by atoms with Crippen molar-refractivity contribution in [1.29, 1.82) is 0 Å². The minimum Gasteiger partial charge on any atom is -0.469 e. The number of carbonyl (C=O) groups is 2. The van der Waals surface area contributed by atoms with Crippen LogP contribution in [0.3, 0.4) is 0 Å². The predicted octanol–water partition coefficient (Wildman–Crippen LogP) is 0.826. The van der Waals surface area contributed by atoms with Crippen LogP contribution < -0.4 is 10.6 Å². The number of ether oxygens (including phenoxy) is 1. The van der Waals surface area contributed by atoms with Gasteiger partial charge >= 0.3 is 5.97 Å². The lowest BCUT2D eigenvalue weighted by molar-refractivity contribution is -0.140. The number of rotatable bonds is 5. The normalized spacial score (nSPS) is 11.8. The standard InChI is InChI=1S/C13H18N2O3/c1-15(2)10-6-4-9(5-7-10)13(17)11(14)8-12(16)18-3/h4-7,11H,8,14H2,1-3H3. The number of nitrogens with zero attached hydrogens (tertiary/aromatic N) is 1. The van der Waals surface area contributed by atoms with E-state index in [9.17, 15) is 9.59 Å². The Hall–Kier alpha value is -1.88. The molecule has 0 aliphatic rings. The van der Waals surface area contributed by atoms with Crippen molar-refractivity contribution in [3.05, 3.63) is 29.8 Å². The van der Waals surface area contributed by atoms with Crippen LogP contribution >= 0.6 is 0 Å². The minimum atomic E-state index is -0.859. The van der Waals surface area contributed by atoms with Gasteiger partial charge in [0.1, 0.15) is 0 Å². The predicted molar refractivity (Wildman–Crippen MR) is 69.7 cm³/mol. The first-order chi connectivity index (χ1) is 8.45. The molecule has 0 radical (unpaired) electrons. The number of esters is 1. The van der Waals surface area contributed by atoms with Crippen LogP contribution in [0.25, 0.3) is 0 Å². The van der Waals surface area contributed by atoms with Crippen LogP contribution in [0.5, 0.6) is 0 Å². The average Bonchev–Trinajstić information content (AvgIpc) is 2.37. The topological polar surface area (TPSA) is 72.6 Å². The average molecular weight is 250 g/mol. The van der Waals surface area contributed by atoms with Crippen molar-refractivity contribution in [2.24, 2.45) is 5.73 Å². The van der Waals surface area contributed by atoms with Crippen molar-refractivity contribution < 1.29 is 14.3 Å². The molecule has 5 nitrogen and oxygen atoms in total. The van der Waals surface area contributed by atoms with E-state index >= 15 is 0 Å². The molecular formula is C13H18N2O3. The second kappa shape index (κ2) is 6.16. The van der Waals surface area contributed by atoms with Crippen LogP contribution in [0.1, 0.15) is 16.8 Å².